The molecule has 160 valence electrons. The molecule has 2 aromatic carbocycles. The molecule has 0 atom stereocenters. The second-order valence-corrected chi connectivity index (χ2v) is 6.05. The fraction of sp³-hybridized carbons (Fsp3) is 0.217. The molecule has 0 saturated carbocycles. The van der Waals surface area contributed by atoms with Crippen molar-refractivity contribution in [2.24, 2.45) is 0 Å². The van der Waals surface area contributed by atoms with Crippen LogP contribution in [-0.4, -0.2) is 50.2 Å². The number of benzene rings is 2. The Balaban J connectivity index is 0.00000141. The van der Waals surface area contributed by atoms with Crippen molar-refractivity contribution in [1.82, 2.24) is 0 Å². The van der Waals surface area contributed by atoms with Crippen LogP contribution in [0.3, 0.4) is 0 Å². The Morgan fingerprint density at radius 3 is 1.47 bits per heavy atom. The summed E-state index contributed by atoms with van der Waals surface area (Å²) in [5.74, 6) is -0.0832. The number of methoxy groups -OCH3 is 3. The maximum atomic E-state index is 11.9. The minimum Gasteiger partial charge on any atom is -0.504 e. The summed E-state index contributed by atoms with van der Waals surface area (Å²) in [7, 11) is 6.12. The van der Waals surface area contributed by atoms with Gasteiger partial charge in [-0.2, -0.15) is 0 Å². The first-order valence-electron chi connectivity index (χ1n) is 8.90. The van der Waals surface area contributed by atoms with Gasteiger partial charge in [0.1, 0.15) is 0 Å². The molecule has 0 unspecified atom stereocenters. The lowest BCUT2D eigenvalue weighted by molar-refractivity contribution is -0.121. The number of carbonyl (C=O) groups is 2. The highest BCUT2D eigenvalue weighted by Gasteiger charge is 2.06. The summed E-state index contributed by atoms with van der Waals surface area (Å²) < 4.78 is 14.2. The first kappa shape index (κ1) is 24.5. The van der Waals surface area contributed by atoms with Gasteiger partial charge in [0.05, 0.1) is 20.6 Å². The first-order chi connectivity index (χ1) is 14.3. The number of hydrogen-bond donors (Lipinski definition) is 2. The van der Waals surface area contributed by atoms with Gasteiger partial charge in [0, 0.05) is 14.2 Å². The van der Waals surface area contributed by atoms with Gasteiger partial charge in [-0.3, -0.25) is 9.59 Å². The van der Waals surface area contributed by atoms with Crippen LogP contribution in [0.25, 0.3) is 12.2 Å². The topological polar surface area (TPSA) is 102 Å². The van der Waals surface area contributed by atoms with E-state index in [0.717, 1.165) is 0 Å². The molecule has 7 heteroatoms. The molecule has 0 spiro atoms. The molecule has 2 aromatic rings. The van der Waals surface area contributed by atoms with E-state index in [1.165, 1.54) is 38.5 Å². The third-order valence-corrected chi connectivity index (χ3v) is 3.68. The summed E-state index contributed by atoms with van der Waals surface area (Å²) in [6, 6.07) is 9.34. The summed E-state index contributed by atoms with van der Waals surface area (Å²) in [5, 5.41) is 19.1. The van der Waals surface area contributed by atoms with Crippen LogP contribution < -0.4 is 9.47 Å². The second-order valence-electron chi connectivity index (χ2n) is 6.05. The van der Waals surface area contributed by atoms with Gasteiger partial charge in [0.25, 0.3) is 0 Å². The quantitative estimate of drug-likeness (QED) is 0.502. The summed E-state index contributed by atoms with van der Waals surface area (Å²) >= 11 is 0. The molecule has 0 amide bonds. The Morgan fingerprint density at radius 2 is 1.13 bits per heavy atom. The lowest BCUT2D eigenvalue weighted by atomic mass is 10.1. The predicted octanol–water partition coefficient (Wildman–Crippen LogP) is 3.63. The Bertz CT molecular complexity index is 840. The smallest absolute Gasteiger partial charge is 0.163 e. The van der Waals surface area contributed by atoms with Crippen molar-refractivity contribution in [3.63, 3.8) is 0 Å². The van der Waals surface area contributed by atoms with Crippen LogP contribution in [0.15, 0.2) is 48.6 Å². The van der Waals surface area contributed by atoms with Crippen LogP contribution >= 0.6 is 0 Å². The van der Waals surface area contributed by atoms with Crippen molar-refractivity contribution in [2.75, 3.05) is 28.4 Å². The van der Waals surface area contributed by atoms with Crippen molar-refractivity contribution >= 4 is 23.7 Å². The molecule has 7 nitrogen and oxygen atoms in total. The van der Waals surface area contributed by atoms with E-state index < -0.39 is 0 Å². The molecule has 0 fully saturated rings. The minimum atomic E-state index is -0.347. The van der Waals surface area contributed by atoms with Gasteiger partial charge >= 0.3 is 0 Å². The van der Waals surface area contributed by atoms with E-state index in [1.807, 2.05) is 0 Å². The van der Waals surface area contributed by atoms with Gasteiger partial charge in [0.2, 0.25) is 0 Å². The van der Waals surface area contributed by atoms with Crippen LogP contribution in [-0.2, 0) is 14.3 Å². The number of ether oxygens (including phenoxy) is 3. The Kier molecular flexibility index (Phi) is 10.4. The van der Waals surface area contributed by atoms with Crippen molar-refractivity contribution < 1.29 is 34.0 Å². The number of ketones is 2. The molecule has 0 aromatic heterocycles. The van der Waals surface area contributed by atoms with Crippen molar-refractivity contribution in [3.8, 4) is 23.0 Å². The molecular weight excluding hydrogens is 388 g/mol. The summed E-state index contributed by atoms with van der Waals surface area (Å²) in [6.07, 6.45) is 5.44. The van der Waals surface area contributed by atoms with E-state index in [9.17, 15) is 19.8 Å². The molecule has 0 radical (unpaired) electrons. The van der Waals surface area contributed by atoms with Gasteiger partial charge in [-0.15, -0.1) is 0 Å². The molecule has 0 aliphatic carbocycles. The van der Waals surface area contributed by atoms with Crippen molar-refractivity contribution in [2.45, 2.75) is 6.42 Å². The Hall–Kier alpha value is -3.58. The van der Waals surface area contributed by atoms with E-state index in [2.05, 4.69) is 4.74 Å². The van der Waals surface area contributed by atoms with E-state index in [0.29, 0.717) is 22.6 Å². The molecule has 30 heavy (non-hydrogen) atoms. The molecule has 0 aliphatic heterocycles. The van der Waals surface area contributed by atoms with Crippen molar-refractivity contribution in [3.05, 3.63) is 59.7 Å². The number of phenols is 2. The normalized spacial score (nSPS) is 10.5. The zero-order chi connectivity index (χ0) is 22.5. The second kappa shape index (κ2) is 12.8. The van der Waals surface area contributed by atoms with Crippen LogP contribution in [0, 0.1) is 0 Å². The number of rotatable bonds is 8. The first-order valence-corrected chi connectivity index (χ1v) is 8.90. The lowest BCUT2D eigenvalue weighted by Gasteiger charge is -2.03. The molecule has 2 rings (SSSR count). The summed E-state index contributed by atoms with van der Waals surface area (Å²) in [4.78, 5) is 23.9. The summed E-state index contributed by atoms with van der Waals surface area (Å²) in [5.41, 5.74) is 1.33. The number of phenolic OH excluding ortho intramolecular Hbond substituents is 2. The molecule has 0 bridgehead atoms. The van der Waals surface area contributed by atoms with Gasteiger partial charge < -0.3 is 24.4 Å². The zero-order valence-corrected chi connectivity index (χ0v) is 17.4. The van der Waals surface area contributed by atoms with E-state index >= 15 is 0 Å². The van der Waals surface area contributed by atoms with Gasteiger partial charge in [-0.25, -0.2) is 0 Å². The SMILES string of the molecule is COC.COc1cc(/C=C/C(=O)CC(=O)/C=C/c2ccc(O)c(OC)c2)ccc1O. The third-order valence-electron chi connectivity index (χ3n) is 3.68. The van der Waals surface area contributed by atoms with E-state index in [1.54, 1.807) is 50.6 Å². The average molecular weight is 414 g/mol. The third kappa shape index (κ3) is 8.20. The summed E-state index contributed by atoms with van der Waals surface area (Å²) in [6.45, 7) is 0. The number of aromatic hydroxyl groups is 2. The zero-order valence-electron chi connectivity index (χ0n) is 17.4. The standard InChI is InChI=1S/C21H20O6.C2H6O/c1-26-20-11-14(5-9-18(20)24)3-7-16(22)13-17(23)8-4-15-6-10-19(25)21(12-15)27-2;1-3-2/h3-12,24-25H,13H2,1-2H3;1-2H3/b7-3+,8-4+;. The maximum absolute atomic E-state index is 11.9. The predicted molar refractivity (Wildman–Crippen MR) is 115 cm³/mol. The van der Waals surface area contributed by atoms with Crippen LogP contribution in [0.4, 0.5) is 0 Å². The monoisotopic (exact) mass is 414 g/mol. The molecule has 2 N–H and O–H groups in total. The Labute approximate surface area is 175 Å². The highest BCUT2D eigenvalue weighted by atomic mass is 16.5. The van der Waals surface area contributed by atoms with Crippen LogP contribution in [0.2, 0.25) is 0 Å². The van der Waals surface area contributed by atoms with Crippen molar-refractivity contribution in [1.29, 1.82) is 0 Å². The molecular formula is C23H26O7. The van der Waals surface area contributed by atoms with Crippen LogP contribution in [0.1, 0.15) is 17.5 Å². The van der Waals surface area contributed by atoms with E-state index in [-0.39, 0.29) is 29.5 Å². The van der Waals surface area contributed by atoms with Gasteiger partial charge in [0.15, 0.2) is 34.6 Å². The fourth-order valence-electron chi connectivity index (χ4n) is 2.26. The highest BCUT2D eigenvalue weighted by molar-refractivity contribution is 6.10. The minimum absolute atomic E-state index is 0.00662. The number of allylic oxidation sites excluding steroid dienone is 2. The fourth-order valence-corrected chi connectivity index (χ4v) is 2.26. The van der Waals surface area contributed by atoms with Crippen LogP contribution in [0.5, 0.6) is 23.0 Å². The molecule has 0 saturated heterocycles. The lowest BCUT2D eigenvalue weighted by Crippen LogP contribution is -2.01. The number of carbonyl (C=O) groups excluding carboxylic acids is 2. The Morgan fingerprint density at radius 1 is 0.767 bits per heavy atom. The highest BCUT2D eigenvalue weighted by Crippen LogP contribution is 2.27. The number of hydrogen-bond acceptors (Lipinski definition) is 7. The molecule has 0 aliphatic rings. The van der Waals surface area contributed by atoms with Gasteiger partial charge in [-0.1, -0.05) is 24.3 Å². The molecule has 0 heterocycles. The average Bonchev–Trinajstić information content (AvgIpc) is 2.73. The maximum Gasteiger partial charge on any atom is 0.163 e. The van der Waals surface area contributed by atoms with E-state index in [4.69, 9.17) is 9.47 Å². The largest absolute Gasteiger partial charge is 0.504 e. The van der Waals surface area contributed by atoms with Gasteiger partial charge in [-0.05, 0) is 47.5 Å².